The normalized spacial score (nSPS) is 22.0. The molecule has 5 nitrogen and oxygen atoms in total. The van der Waals surface area contributed by atoms with E-state index in [-0.39, 0.29) is 5.75 Å². The van der Waals surface area contributed by atoms with Gasteiger partial charge in [0.1, 0.15) is 0 Å². The van der Waals surface area contributed by atoms with E-state index >= 15 is 0 Å². The summed E-state index contributed by atoms with van der Waals surface area (Å²) < 4.78 is 21.0. The highest BCUT2D eigenvalue weighted by atomic mass is 32.2. The molecule has 0 saturated carbocycles. The highest BCUT2D eigenvalue weighted by Gasteiger charge is 2.07. The van der Waals surface area contributed by atoms with Gasteiger partial charge in [0.05, 0.1) is 5.75 Å². The molecule has 0 saturated heterocycles. The van der Waals surface area contributed by atoms with Crippen molar-refractivity contribution in [2.45, 2.75) is 0 Å². The van der Waals surface area contributed by atoms with Crippen LogP contribution in [0.15, 0.2) is 24.0 Å². The van der Waals surface area contributed by atoms with Gasteiger partial charge in [0.15, 0.2) is 9.84 Å². The zero-order valence-corrected chi connectivity index (χ0v) is 8.68. The van der Waals surface area contributed by atoms with Gasteiger partial charge in [-0.05, 0) is 0 Å². The molecular formula is C8H15N3O2S. The fraction of sp³-hybridized carbons (Fsp3) is 0.500. The third-order valence-corrected chi connectivity index (χ3v) is 2.98. The Bertz CT molecular complexity index is 301. The van der Waals surface area contributed by atoms with Crippen LogP contribution in [0.25, 0.3) is 0 Å². The summed E-state index contributed by atoms with van der Waals surface area (Å²) in [5.41, 5.74) is 0. The lowest BCUT2D eigenvalue weighted by Gasteiger charge is -2.05. The second-order valence-corrected chi connectivity index (χ2v) is 4.87. The van der Waals surface area contributed by atoms with Crippen molar-refractivity contribution in [3.63, 3.8) is 0 Å². The molecule has 0 aromatic rings. The number of hydrogen-bond donors (Lipinski definition) is 3. The fourth-order valence-electron chi connectivity index (χ4n) is 0.933. The lowest BCUT2D eigenvalue weighted by molar-refractivity contribution is 0.600. The number of sulfone groups is 1. The second-order valence-electron chi connectivity index (χ2n) is 2.87. The molecule has 0 aliphatic carbocycles. The van der Waals surface area contributed by atoms with Crippen LogP contribution in [0.1, 0.15) is 0 Å². The van der Waals surface area contributed by atoms with Crippen LogP contribution in [0.5, 0.6) is 0 Å². The van der Waals surface area contributed by atoms with Crippen LogP contribution >= 0.6 is 0 Å². The van der Waals surface area contributed by atoms with Gasteiger partial charge in [-0.2, -0.15) is 0 Å². The molecule has 2 rings (SSSR count). The van der Waals surface area contributed by atoms with Gasteiger partial charge in [0.2, 0.25) is 0 Å². The summed E-state index contributed by atoms with van der Waals surface area (Å²) in [5.74, 6) is 0.226. The number of hydrogen-bond acceptors (Lipinski definition) is 5. The van der Waals surface area contributed by atoms with Gasteiger partial charge < -0.3 is 16.0 Å². The molecule has 2 aliphatic heterocycles. The fourth-order valence-corrected chi connectivity index (χ4v) is 1.78. The maximum atomic E-state index is 10.5. The van der Waals surface area contributed by atoms with Crippen LogP contribution < -0.4 is 16.0 Å². The Morgan fingerprint density at radius 3 is 1.64 bits per heavy atom. The highest BCUT2D eigenvalue weighted by molar-refractivity contribution is 7.94. The van der Waals surface area contributed by atoms with Gasteiger partial charge >= 0.3 is 0 Å². The molecule has 2 aliphatic rings. The Kier molecular flexibility index (Phi) is 4.31. The number of nitrogens with one attached hydrogen (secondary N) is 3. The van der Waals surface area contributed by atoms with Crippen LogP contribution in [-0.2, 0) is 9.84 Å². The van der Waals surface area contributed by atoms with E-state index in [2.05, 4.69) is 16.0 Å². The summed E-state index contributed by atoms with van der Waals surface area (Å²) in [5, 5.41) is 10.1. The Balaban J connectivity index is 0.000000146. The lowest BCUT2D eigenvalue weighted by atomic mass is 10.5. The van der Waals surface area contributed by atoms with E-state index in [9.17, 15) is 8.42 Å². The van der Waals surface area contributed by atoms with E-state index < -0.39 is 9.84 Å². The Morgan fingerprint density at radius 2 is 1.43 bits per heavy atom. The second kappa shape index (κ2) is 5.54. The van der Waals surface area contributed by atoms with Crippen LogP contribution in [0.3, 0.4) is 0 Å². The summed E-state index contributed by atoms with van der Waals surface area (Å²) in [6.07, 6.45) is 5.27. The summed E-state index contributed by atoms with van der Waals surface area (Å²) in [6, 6.07) is 0. The molecule has 14 heavy (non-hydrogen) atoms. The van der Waals surface area contributed by atoms with E-state index in [0.717, 1.165) is 13.1 Å². The van der Waals surface area contributed by atoms with Crippen molar-refractivity contribution in [2.75, 3.05) is 25.4 Å². The van der Waals surface area contributed by atoms with Crippen molar-refractivity contribution < 1.29 is 8.42 Å². The molecule has 80 valence electrons. The number of rotatable bonds is 0. The predicted octanol–water partition coefficient (Wildman–Crippen LogP) is -0.874. The quantitative estimate of drug-likeness (QED) is 0.492. The van der Waals surface area contributed by atoms with Crippen LogP contribution in [0.4, 0.5) is 0 Å². The first kappa shape index (κ1) is 10.9. The molecule has 0 aromatic carbocycles. The van der Waals surface area contributed by atoms with Crippen molar-refractivity contribution >= 4 is 9.84 Å². The van der Waals surface area contributed by atoms with Gasteiger partial charge in [0, 0.05) is 43.6 Å². The third-order valence-electron chi connectivity index (χ3n) is 1.66. The van der Waals surface area contributed by atoms with Crippen LogP contribution in [-0.4, -0.2) is 33.8 Å². The Morgan fingerprint density at radius 1 is 0.857 bits per heavy atom. The van der Waals surface area contributed by atoms with Gasteiger partial charge in [-0.3, -0.25) is 0 Å². The van der Waals surface area contributed by atoms with Gasteiger partial charge in [-0.15, -0.1) is 0 Å². The van der Waals surface area contributed by atoms with Crippen molar-refractivity contribution in [1.82, 2.24) is 16.0 Å². The largest absolute Gasteiger partial charge is 0.389 e. The molecule has 0 bridgehead atoms. The molecule has 0 unspecified atom stereocenters. The maximum Gasteiger partial charge on any atom is 0.174 e. The molecule has 6 heteroatoms. The molecule has 3 N–H and O–H groups in total. The summed E-state index contributed by atoms with van der Waals surface area (Å²) in [6.45, 7) is 2.64. The summed E-state index contributed by atoms with van der Waals surface area (Å²) in [7, 11) is -2.83. The third kappa shape index (κ3) is 4.76. The van der Waals surface area contributed by atoms with Gasteiger partial charge in [-0.1, -0.05) is 0 Å². The molecule has 0 aromatic heterocycles. The molecular weight excluding hydrogens is 202 g/mol. The van der Waals surface area contributed by atoms with Gasteiger partial charge in [0.25, 0.3) is 0 Å². The maximum absolute atomic E-state index is 10.5. The monoisotopic (exact) mass is 217 g/mol. The van der Waals surface area contributed by atoms with E-state index in [4.69, 9.17) is 0 Å². The van der Waals surface area contributed by atoms with Crippen molar-refractivity contribution in [3.8, 4) is 0 Å². The molecule has 0 atom stereocenters. The minimum Gasteiger partial charge on any atom is -0.389 e. The Labute approximate surface area is 84.2 Å². The minimum atomic E-state index is -2.83. The van der Waals surface area contributed by atoms with Crippen LogP contribution in [0.2, 0.25) is 0 Å². The average Bonchev–Trinajstić information content (AvgIpc) is 2.21. The van der Waals surface area contributed by atoms with Crippen molar-refractivity contribution in [1.29, 1.82) is 0 Å². The first-order chi connectivity index (χ1) is 6.71. The highest BCUT2D eigenvalue weighted by Crippen LogP contribution is 1.93. The van der Waals surface area contributed by atoms with E-state index in [1.807, 2.05) is 12.4 Å². The van der Waals surface area contributed by atoms with Crippen molar-refractivity contribution in [2.24, 2.45) is 0 Å². The SMILES string of the molecule is C1=CNCCN1.O=S1(=O)C=CNCC1. The lowest BCUT2D eigenvalue weighted by Crippen LogP contribution is -2.25. The van der Waals surface area contributed by atoms with E-state index in [0.29, 0.717) is 6.54 Å². The first-order valence-corrected chi connectivity index (χ1v) is 6.17. The standard InChI is InChI=1S/C4H8N2.C4H7NO2S/c1-2-6-4-3-5-1;6-8(7)3-1-5-2-4-8/h1-2,5-6H,3-4H2;1,3,5H,2,4H2. The molecule has 0 radical (unpaired) electrons. The molecule has 0 amide bonds. The van der Waals surface area contributed by atoms with E-state index in [1.165, 1.54) is 11.6 Å². The predicted molar refractivity (Wildman–Crippen MR) is 56.1 cm³/mol. The van der Waals surface area contributed by atoms with Crippen molar-refractivity contribution in [3.05, 3.63) is 24.0 Å². The minimum absolute atomic E-state index is 0.226. The Hall–Kier alpha value is -1.17. The smallest absolute Gasteiger partial charge is 0.174 e. The van der Waals surface area contributed by atoms with Crippen LogP contribution in [0, 0.1) is 0 Å². The summed E-state index contributed by atoms with van der Waals surface area (Å²) in [4.78, 5) is 0. The zero-order chi connectivity index (χ0) is 10.3. The molecule has 0 fully saturated rings. The average molecular weight is 217 g/mol. The molecule has 2 heterocycles. The summed E-state index contributed by atoms with van der Waals surface area (Å²) >= 11 is 0. The topological polar surface area (TPSA) is 70.2 Å². The van der Waals surface area contributed by atoms with E-state index in [1.54, 1.807) is 0 Å². The molecule has 0 spiro atoms. The zero-order valence-electron chi connectivity index (χ0n) is 7.86. The van der Waals surface area contributed by atoms with Gasteiger partial charge in [-0.25, -0.2) is 8.42 Å². The first-order valence-electron chi connectivity index (χ1n) is 4.45.